The fraction of sp³-hybridized carbons (Fsp3) is 0.182. The maximum absolute atomic E-state index is 13.3. The molecule has 3 N–H and O–H groups in total. The van der Waals surface area contributed by atoms with Crippen molar-refractivity contribution in [2.24, 2.45) is 5.84 Å². The maximum atomic E-state index is 13.3. The highest BCUT2D eigenvalue weighted by Gasteiger charge is 2.13. The molecule has 0 fully saturated rings. The summed E-state index contributed by atoms with van der Waals surface area (Å²) in [5, 5.41) is 2.95. The molecule has 90 valence electrons. The van der Waals surface area contributed by atoms with Gasteiger partial charge in [0, 0.05) is 18.0 Å². The van der Waals surface area contributed by atoms with Crippen LogP contribution in [0.5, 0.6) is 0 Å². The molecule has 0 amide bonds. The minimum absolute atomic E-state index is 0.110. The molecule has 0 saturated heterocycles. The average Bonchev–Trinajstić information content (AvgIpc) is 2.82. The number of hydrazine groups is 1. The number of nitrogens with two attached hydrogens (primary N) is 1. The lowest BCUT2D eigenvalue weighted by atomic mass is 10.0. The molecule has 0 saturated carbocycles. The first-order valence-corrected chi connectivity index (χ1v) is 6.26. The molecule has 6 heteroatoms. The van der Waals surface area contributed by atoms with Gasteiger partial charge in [-0.3, -0.25) is 11.3 Å². The summed E-state index contributed by atoms with van der Waals surface area (Å²) in [5.41, 5.74) is 3.41. The second kappa shape index (κ2) is 5.55. The maximum Gasteiger partial charge on any atom is 0.142 e. The van der Waals surface area contributed by atoms with Crippen LogP contribution in [-0.2, 0) is 6.42 Å². The summed E-state index contributed by atoms with van der Waals surface area (Å²) in [6.45, 7) is 0. The topological polar surface area (TPSA) is 50.9 Å². The molecular weight excluding hydrogens is 261 g/mol. The first-order valence-electron chi connectivity index (χ1n) is 5.00. The quantitative estimate of drug-likeness (QED) is 0.664. The molecule has 0 spiro atoms. The Morgan fingerprint density at radius 2 is 2.35 bits per heavy atom. The van der Waals surface area contributed by atoms with E-state index in [4.69, 9.17) is 17.4 Å². The van der Waals surface area contributed by atoms with Crippen LogP contribution >= 0.6 is 22.9 Å². The number of halogens is 2. The second-order valence-corrected chi connectivity index (χ2v) is 4.91. The van der Waals surface area contributed by atoms with Crippen molar-refractivity contribution >= 4 is 22.9 Å². The van der Waals surface area contributed by atoms with Crippen molar-refractivity contribution in [3.63, 3.8) is 0 Å². The third-order valence-electron chi connectivity index (χ3n) is 2.41. The Kier molecular flexibility index (Phi) is 4.06. The van der Waals surface area contributed by atoms with Gasteiger partial charge in [-0.25, -0.2) is 9.37 Å². The van der Waals surface area contributed by atoms with Gasteiger partial charge in [-0.05, 0) is 17.7 Å². The standard InChI is InChI=1S/C11H11ClFN3S/c12-8-2-1-7(5-9(8)13)10(16-14)6-11-15-3-4-17-11/h1-5,10,16H,6,14H2. The van der Waals surface area contributed by atoms with Gasteiger partial charge in [-0.1, -0.05) is 17.7 Å². The molecule has 2 aromatic rings. The van der Waals surface area contributed by atoms with Crippen LogP contribution in [0.3, 0.4) is 0 Å². The average molecular weight is 272 g/mol. The van der Waals surface area contributed by atoms with Gasteiger partial charge in [0.25, 0.3) is 0 Å². The number of rotatable bonds is 4. The van der Waals surface area contributed by atoms with Gasteiger partial charge in [0.2, 0.25) is 0 Å². The van der Waals surface area contributed by atoms with Crippen molar-refractivity contribution in [3.05, 3.63) is 51.2 Å². The Hall–Kier alpha value is -1.01. The fourth-order valence-electron chi connectivity index (χ4n) is 1.53. The van der Waals surface area contributed by atoms with E-state index in [9.17, 15) is 4.39 Å². The number of nitrogens with zero attached hydrogens (tertiary/aromatic N) is 1. The van der Waals surface area contributed by atoms with Gasteiger partial charge < -0.3 is 0 Å². The molecule has 0 aliphatic carbocycles. The third kappa shape index (κ3) is 3.01. The smallest absolute Gasteiger partial charge is 0.142 e. The summed E-state index contributed by atoms with van der Waals surface area (Å²) in [6.07, 6.45) is 2.35. The highest BCUT2D eigenvalue weighted by Crippen LogP contribution is 2.23. The van der Waals surface area contributed by atoms with E-state index in [1.165, 1.54) is 12.1 Å². The van der Waals surface area contributed by atoms with E-state index >= 15 is 0 Å². The predicted octanol–water partition coefficient (Wildman–Crippen LogP) is 2.68. The van der Waals surface area contributed by atoms with Crippen LogP contribution in [-0.4, -0.2) is 4.98 Å². The van der Waals surface area contributed by atoms with Gasteiger partial charge in [0.1, 0.15) is 5.82 Å². The van der Waals surface area contributed by atoms with Gasteiger partial charge >= 0.3 is 0 Å². The Labute approximate surface area is 107 Å². The number of benzene rings is 1. The summed E-state index contributed by atoms with van der Waals surface area (Å²) >= 11 is 7.18. The van der Waals surface area contributed by atoms with Gasteiger partial charge in [-0.2, -0.15) is 0 Å². The molecule has 1 aromatic heterocycles. The number of aromatic nitrogens is 1. The molecule has 0 aliphatic heterocycles. The van der Waals surface area contributed by atoms with Crippen LogP contribution in [0.2, 0.25) is 5.02 Å². The molecule has 1 heterocycles. The number of hydrogen-bond donors (Lipinski definition) is 2. The number of nitrogens with one attached hydrogen (secondary N) is 1. The summed E-state index contributed by atoms with van der Waals surface area (Å²) < 4.78 is 13.3. The first-order chi connectivity index (χ1) is 8.20. The van der Waals surface area contributed by atoms with Crippen LogP contribution in [0.15, 0.2) is 29.8 Å². The second-order valence-electron chi connectivity index (χ2n) is 3.52. The molecule has 3 nitrogen and oxygen atoms in total. The normalized spacial score (nSPS) is 12.6. The van der Waals surface area contributed by atoms with E-state index in [0.717, 1.165) is 10.6 Å². The zero-order valence-corrected chi connectivity index (χ0v) is 10.4. The third-order valence-corrected chi connectivity index (χ3v) is 3.52. The van der Waals surface area contributed by atoms with Crippen molar-refractivity contribution in [1.29, 1.82) is 0 Å². The number of thiazole rings is 1. The molecular formula is C11H11ClFN3S. The molecule has 1 aromatic carbocycles. The highest BCUT2D eigenvalue weighted by atomic mass is 35.5. The van der Waals surface area contributed by atoms with Crippen LogP contribution in [0.25, 0.3) is 0 Å². The molecule has 0 bridgehead atoms. The summed E-state index contributed by atoms with van der Waals surface area (Å²) in [4.78, 5) is 4.17. The van der Waals surface area contributed by atoms with Crippen molar-refractivity contribution < 1.29 is 4.39 Å². The monoisotopic (exact) mass is 271 g/mol. The number of hydrogen-bond acceptors (Lipinski definition) is 4. The lowest BCUT2D eigenvalue weighted by molar-refractivity contribution is 0.543. The van der Waals surface area contributed by atoms with E-state index in [2.05, 4.69) is 10.4 Å². The Balaban J connectivity index is 2.20. The Morgan fingerprint density at radius 1 is 1.53 bits per heavy atom. The van der Waals surface area contributed by atoms with Gasteiger partial charge in [-0.15, -0.1) is 11.3 Å². The SMILES string of the molecule is NNC(Cc1nccs1)c1ccc(Cl)c(F)c1. The molecule has 2 rings (SSSR count). The largest absolute Gasteiger partial charge is 0.271 e. The summed E-state index contributed by atoms with van der Waals surface area (Å²) in [7, 11) is 0. The molecule has 17 heavy (non-hydrogen) atoms. The van der Waals surface area contributed by atoms with Crippen LogP contribution in [0, 0.1) is 5.82 Å². The van der Waals surface area contributed by atoms with E-state index < -0.39 is 5.82 Å². The van der Waals surface area contributed by atoms with Crippen molar-refractivity contribution in [3.8, 4) is 0 Å². The van der Waals surface area contributed by atoms with Crippen LogP contribution < -0.4 is 11.3 Å². The fourth-order valence-corrected chi connectivity index (χ4v) is 2.31. The van der Waals surface area contributed by atoms with Crippen molar-refractivity contribution in [1.82, 2.24) is 10.4 Å². The van der Waals surface area contributed by atoms with E-state index in [1.54, 1.807) is 23.6 Å². The zero-order chi connectivity index (χ0) is 12.3. The van der Waals surface area contributed by atoms with Crippen molar-refractivity contribution in [2.45, 2.75) is 12.5 Å². The Bertz CT molecular complexity index is 489. The predicted molar refractivity (Wildman–Crippen MR) is 67.3 cm³/mol. The van der Waals surface area contributed by atoms with Crippen LogP contribution in [0.1, 0.15) is 16.6 Å². The molecule has 1 atom stereocenters. The molecule has 0 radical (unpaired) electrons. The van der Waals surface area contributed by atoms with Crippen molar-refractivity contribution in [2.75, 3.05) is 0 Å². The van der Waals surface area contributed by atoms with Gasteiger partial charge in [0.15, 0.2) is 0 Å². The minimum Gasteiger partial charge on any atom is -0.271 e. The lowest BCUT2D eigenvalue weighted by Crippen LogP contribution is -2.29. The molecule has 1 unspecified atom stereocenters. The minimum atomic E-state index is -0.441. The molecule has 0 aliphatic rings. The Morgan fingerprint density at radius 3 is 2.94 bits per heavy atom. The lowest BCUT2D eigenvalue weighted by Gasteiger charge is -2.15. The van der Waals surface area contributed by atoms with Crippen LogP contribution in [0.4, 0.5) is 4.39 Å². The summed E-state index contributed by atoms with van der Waals surface area (Å²) in [5.74, 6) is 5.04. The highest BCUT2D eigenvalue weighted by molar-refractivity contribution is 7.09. The first kappa shape index (κ1) is 12.4. The zero-order valence-electron chi connectivity index (χ0n) is 8.86. The van der Waals surface area contributed by atoms with E-state index in [0.29, 0.717) is 6.42 Å². The van der Waals surface area contributed by atoms with E-state index in [-0.39, 0.29) is 11.1 Å². The summed E-state index contributed by atoms with van der Waals surface area (Å²) in [6, 6.07) is 4.50. The van der Waals surface area contributed by atoms with E-state index in [1.807, 2.05) is 5.38 Å². The van der Waals surface area contributed by atoms with Gasteiger partial charge in [0.05, 0.1) is 16.1 Å².